The van der Waals surface area contributed by atoms with Gasteiger partial charge in [-0.05, 0) is 12.8 Å². The van der Waals surface area contributed by atoms with Crippen LogP contribution in [0.25, 0.3) is 0 Å². The molecule has 0 aromatic carbocycles. The van der Waals surface area contributed by atoms with Gasteiger partial charge in [-0.15, -0.1) is 0 Å². The molecule has 12 N–H and O–H groups in total. The highest BCUT2D eigenvalue weighted by atomic mass is 16.8. The lowest BCUT2D eigenvalue weighted by Crippen LogP contribution is -2.66. The third-order valence-corrected chi connectivity index (χ3v) is 18.3. The molecule has 0 aromatic heterocycles. The molecule has 3 saturated heterocycles. The topological polar surface area (TPSA) is 307 Å². The smallest absolute Gasteiger partial charge is 0.220 e. The van der Waals surface area contributed by atoms with E-state index in [-0.39, 0.29) is 18.9 Å². The maximum absolute atomic E-state index is 13.2. The molecule has 520 valence electrons. The van der Waals surface area contributed by atoms with E-state index in [9.17, 15) is 61.0 Å². The number of allylic oxidation sites excluding steroid dienone is 1. The van der Waals surface area contributed by atoms with Crippen molar-refractivity contribution in [3.63, 3.8) is 0 Å². The number of amides is 1. The number of nitrogens with one attached hydrogen (secondary N) is 1. The molecule has 0 radical (unpaired) electrons. The van der Waals surface area contributed by atoms with E-state index in [1.165, 1.54) is 231 Å². The Labute approximate surface area is 531 Å². The minimum atomic E-state index is -1.97. The zero-order valence-electron chi connectivity index (χ0n) is 55.0. The maximum Gasteiger partial charge on any atom is 0.220 e. The average Bonchev–Trinajstić information content (AvgIpc) is 0.962. The van der Waals surface area contributed by atoms with Crippen molar-refractivity contribution in [3.8, 4) is 0 Å². The quantitative estimate of drug-likeness (QED) is 0.0199. The molecule has 3 rings (SSSR count). The van der Waals surface area contributed by atoms with E-state index < -0.39 is 124 Å². The van der Waals surface area contributed by atoms with Gasteiger partial charge in [-0.2, -0.15) is 0 Å². The minimum Gasteiger partial charge on any atom is -0.394 e. The molecule has 1 amide bonds. The van der Waals surface area contributed by atoms with E-state index in [1.807, 2.05) is 6.92 Å². The van der Waals surface area contributed by atoms with Crippen molar-refractivity contribution >= 4 is 5.91 Å². The van der Waals surface area contributed by atoms with E-state index in [0.29, 0.717) is 12.8 Å². The number of aliphatic hydroxyl groups is 11. The minimum absolute atomic E-state index is 0.246. The summed E-state index contributed by atoms with van der Waals surface area (Å²) in [5.74, 6) is -0.282. The fourth-order valence-electron chi connectivity index (χ4n) is 12.5. The Morgan fingerprint density at radius 3 is 1.05 bits per heavy atom. The number of ether oxygens (including phenoxy) is 6. The molecule has 17 atom stereocenters. The van der Waals surface area contributed by atoms with Gasteiger partial charge >= 0.3 is 0 Å². The molecule has 19 nitrogen and oxygen atoms in total. The number of rotatable bonds is 56. The molecule has 0 aliphatic carbocycles. The van der Waals surface area contributed by atoms with E-state index in [1.54, 1.807) is 12.2 Å². The Bertz CT molecular complexity index is 1650. The molecule has 17 unspecified atom stereocenters. The molecule has 3 heterocycles. The van der Waals surface area contributed by atoms with Gasteiger partial charge in [0, 0.05) is 6.42 Å². The first kappa shape index (κ1) is 80.8. The summed E-state index contributed by atoms with van der Waals surface area (Å²) in [5, 5.41) is 119. The second-order valence-corrected chi connectivity index (χ2v) is 26.1. The fraction of sp³-hybridized carbons (Fsp3) is 0.957. The van der Waals surface area contributed by atoms with E-state index in [0.717, 1.165) is 25.7 Å². The van der Waals surface area contributed by atoms with Crippen molar-refractivity contribution < 1.29 is 89.4 Å². The second kappa shape index (κ2) is 51.9. The summed E-state index contributed by atoms with van der Waals surface area (Å²) in [6.45, 7) is 1.51. The van der Waals surface area contributed by atoms with Crippen LogP contribution in [0.2, 0.25) is 0 Å². The normalized spacial score (nSPS) is 28.4. The molecule has 3 fully saturated rings. The van der Waals surface area contributed by atoms with Gasteiger partial charge in [0.15, 0.2) is 18.9 Å². The Kier molecular flexibility index (Phi) is 47.6. The van der Waals surface area contributed by atoms with E-state index >= 15 is 0 Å². The maximum atomic E-state index is 13.2. The number of unbranched alkanes of at least 4 members (excludes halogenated alkanes) is 40. The van der Waals surface area contributed by atoms with Crippen LogP contribution in [0, 0.1) is 0 Å². The second-order valence-electron chi connectivity index (χ2n) is 26.1. The van der Waals surface area contributed by atoms with Crippen molar-refractivity contribution in [2.75, 3.05) is 26.4 Å². The molecule has 3 aliphatic rings. The summed E-state index contributed by atoms with van der Waals surface area (Å²) in [6.07, 6.45) is 32.6. The van der Waals surface area contributed by atoms with Crippen molar-refractivity contribution in [3.05, 3.63) is 12.2 Å². The van der Waals surface area contributed by atoms with Gasteiger partial charge in [-0.3, -0.25) is 4.79 Å². The molecule has 88 heavy (non-hydrogen) atoms. The Hall–Kier alpha value is -1.47. The highest BCUT2D eigenvalue weighted by Gasteiger charge is 2.53. The highest BCUT2D eigenvalue weighted by molar-refractivity contribution is 5.76. The van der Waals surface area contributed by atoms with E-state index in [2.05, 4.69) is 12.2 Å². The fourth-order valence-corrected chi connectivity index (χ4v) is 12.5. The van der Waals surface area contributed by atoms with Gasteiger partial charge in [0.05, 0.1) is 38.6 Å². The summed E-state index contributed by atoms with van der Waals surface area (Å²) in [7, 11) is 0. The van der Waals surface area contributed by atoms with Crippen molar-refractivity contribution in [2.24, 2.45) is 0 Å². The summed E-state index contributed by atoms with van der Waals surface area (Å²) in [5.41, 5.74) is 0. The van der Waals surface area contributed by atoms with Crippen molar-refractivity contribution in [1.82, 2.24) is 5.32 Å². The van der Waals surface area contributed by atoms with Gasteiger partial charge in [0.2, 0.25) is 5.91 Å². The van der Waals surface area contributed by atoms with Gasteiger partial charge < -0.3 is 89.9 Å². The molecule has 0 spiro atoms. The lowest BCUT2D eigenvalue weighted by molar-refractivity contribution is -0.379. The first-order valence-corrected chi connectivity index (χ1v) is 35.9. The largest absolute Gasteiger partial charge is 0.394 e. The lowest BCUT2D eigenvalue weighted by atomic mass is 9.96. The van der Waals surface area contributed by atoms with Crippen LogP contribution in [0.5, 0.6) is 0 Å². The van der Waals surface area contributed by atoms with Gasteiger partial charge in [-0.25, -0.2) is 0 Å². The molecule has 0 bridgehead atoms. The van der Waals surface area contributed by atoms with Crippen LogP contribution in [0.4, 0.5) is 0 Å². The summed E-state index contributed by atoms with van der Waals surface area (Å²) in [6, 6.07) is -0.964. The number of carbonyl (C=O) groups excluding carboxylic acids is 1. The van der Waals surface area contributed by atoms with Crippen LogP contribution in [-0.4, -0.2) is 193 Å². The average molecular weight is 1260 g/mol. The number of hydrogen-bond donors (Lipinski definition) is 12. The molecule has 0 saturated carbocycles. The van der Waals surface area contributed by atoms with Crippen LogP contribution >= 0.6 is 0 Å². The van der Waals surface area contributed by atoms with Gasteiger partial charge in [-0.1, -0.05) is 283 Å². The predicted octanol–water partition coefficient (Wildman–Crippen LogP) is 9.67. The summed E-state index contributed by atoms with van der Waals surface area (Å²) in [4.78, 5) is 13.2. The molecule has 0 aromatic rings. The van der Waals surface area contributed by atoms with Crippen molar-refractivity contribution in [1.29, 1.82) is 0 Å². The SMILES string of the molecule is CCC/C=C/C(O)C(COC1OC(CO)C(OC2OC(CO)C(OC3OC(CO)C(O)C(O)C3O)C(O)C2O)C(O)C1O)NC(=O)CCCCCCCCCCCCCCCCCCCCCCCCCCCCCCCCCCCCCCCCCC. The summed E-state index contributed by atoms with van der Waals surface area (Å²) >= 11 is 0. The third-order valence-electron chi connectivity index (χ3n) is 18.3. The van der Waals surface area contributed by atoms with Crippen molar-refractivity contribution in [2.45, 2.75) is 394 Å². The van der Waals surface area contributed by atoms with Crippen LogP contribution < -0.4 is 5.32 Å². The Balaban J connectivity index is 1.17. The molecular formula is C69H131NO18. The van der Waals surface area contributed by atoms with Gasteiger partial charge in [0.1, 0.15) is 73.2 Å². The molecule has 3 aliphatic heterocycles. The first-order chi connectivity index (χ1) is 42.8. The van der Waals surface area contributed by atoms with E-state index in [4.69, 9.17) is 28.4 Å². The summed E-state index contributed by atoms with van der Waals surface area (Å²) < 4.78 is 34.0. The predicted molar refractivity (Wildman–Crippen MR) is 342 cm³/mol. The number of carbonyl (C=O) groups is 1. The third kappa shape index (κ3) is 33.6. The molecular weight excluding hydrogens is 1130 g/mol. The van der Waals surface area contributed by atoms with Crippen LogP contribution in [0.1, 0.15) is 290 Å². The van der Waals surface area contributed by atoms with Crippen LogP contribution in [-0.2, 0) is 33.2 Å². The zero-order chi connectivity index (χ0) is 64.0. The van der Waals surface area contributed by atoms with Gasteiger partial charge in [0.25, 0.3) is 0 Å². The number of hydrogen-bond acceptors (Lipinski definition) is 18. The Morgan fingerprint density at radius 1 is 0.398 bits per heavy atom. The highest BCUT2D eigenvalue weighted by Crippen LogP contribution is 2.33. The molecule has 19 heteroatoms. The zero-order valence-corrected chi connectivity index (χ0v) is 55.0. The first-order valence-electron chi connectivity index (χ1n) is 35.9. The van der Waals surface area contributed by atoms with Crippen LogP contribution in [0.3, 0.4) is 0 Å². The standard InChI is InChI=1S/C69H131NO18/c1-3-5-7-8-9-10-11-12-13-14-15-16-17-18-19-20-21-22-23-24-25-26-27-28-29-30-31-32-33-34-35-36-37-38-39-40-41-42-43-45-47-57(75)70-52(53(74)46-44-6-4-2)51-83-67-63(81)60(78)65(55(49-72)85-67)88-69-64(82)61(79)66(56(50-73)86-69)87-68-62(80)59(77)58(76)54(48-71)84-68/h44,46,52-56,58-69,71-74,76-82H,3-43,45,47-51H2,1-2H3,(H,70,75)/b46-44+. The lowest BCUT2D eigenvalue weighted by Gasteiger charge is -2.48. The monoisotopic (exact) mass is 1260 g/mol. The van der Waals surface area contributed by atoms with Crippen LogP contribution in [0.15, 0.2) is 12.2 Å². The number of aliphatic hydroxyl groups excluding tert-OH is 11. The Morgan fingerprint density at radius 2 is 0.705 bits per heavy atom.